The largest absolute Gasteiger partial charge is 0.478 e. The Hall–Kier alpha value is -1.93. The number of carboxylic acid groups (broad SMARTS) is 1. The Morgan fingerprint density at radius 1 is 1.64 bits per heavy atom. The number of carbonyl (C=O) groups is 1. The molecule has 1 rings (SSSR count). The van der Waals surface area contributed by atoms with Gasteiger partial charge in [-0.1, -0.05) is 0 Å². The van der Waals surface area contributed by atoms with Crippen molar-refractivity contribution in [3.05, 3.63) is 34.6 Å². The molecule has 0 unspecified atom stereocenters. The van der Waals surface area contributed by atoms with Crippen LogP contribution in [-0.4, -0.2) is 11.1 Å². The minimum Gasteiger partial charge on any atom is -0.478 e. The third-order valence-electron chi connectivity index (χ3n) is 1.80. The summed E-state index contributed by atoms with van der Waals surface area (Å²) in [6, 6.07) is 3.92. The first-order valence-electron chi connectivity index (χ1n) is 3.76. The van der Waals surface area contributed by atoms with E-state index >= 15 is 0 Å². The molecule has 4 nitrogen and oxygen atoms in total. The minimum atomic E-state index is -1.42. The molecule has 0 aliphatic carbocycles. The van der Waals surface area contributed by atoms with Crippen LogP contribution in [0.4, 0.5) is 4.39 Å². The molecule has 14 heavy (non-hydrogen) atoms. The Balaban J connectivity index is 3.53. The molecule has 0 heterocycles. The monoisotopic (exact) mass is 194 g/mol. The van der Waals surface area contributed by atoms with E-state index in [0.29, 0.717) is 0 Å². The molecule has 0 saturated heterocycles. The van der Waals surface area contributed by atoms with E-state index in [2.05, 4.69) is 0 Å². The molecule has 0 amide bonds. The quantitative estimate of drug-likeness (QED) is 0.730. The molecule has 0 spiro atoms. The molecule has 0 bridgehead atoms. The summed E-state index contributed by atoms with van der Waals surface area (Å²) in [5, 5.41) is 17.3. The van der Waals surface area contributed by atoms with Crippen LogP contribution in [0.15, 0.2) is 12.1 Å². The maximum atomic E-state index is 13.1. The van der Waals surface area contributed by atoms with Crippen molar-refractivity contribution in [3.8, 4) is 6.07 Å². The second-order valence-electron chi connectivity index (χ2n) is 2.57. The second kappa shape index (κ2) is 3.85. The number of hydrogen-bond acceptors (Lipinski definition) is 3. The average molecular weight is 194 g/mol. The Kier molecular flexibility index (Phi) is 2.79. The molecule has 0 atom stereocenters. The van der Waals surface area contributed by atoms with E-state index in [-0.39, 0.29) is 17.7 Å². The summed E-state index contributed by atoms with van der Waals surface area (Å²) in [5.41, 5.74) is 4.85. The van der Waals surface area contributed by atoms with Crippen LogP contribution in [0.3, 0.4) is 0 Å². The summed E-state index contributed by atoms with van der Waals surface area (Å²) < 4.78 is 13.1. The van der Waals surface area contributed by atoms with E-state index < -0.39 is 17.3 Å². The molecule has 1 aromatic carbocycles. The number of rotatable bonds is 2. The number of nitrogens with two attached hydrogens (primary N) is 1. The van der Waals surface area contributed by atoms with Gasteiger partial charge in [0, 0.05) is 12.1 Å². The van der Waals surface area contributed by atoms with Crippen molar-refractivity contribution in [1.82, 2.24) is 0 Å². The lowest BCUT2D eigenvalue weighted by Crippen LogP contribution is -2.11. The minimum absolute atomic E-state index is 0.0278. The van der Waals surface area contributed by atoms with Gasteiger partial charge in [0.15, 0.2) is 0 Å². The predicted molar refractivity (Wildman–Crippen MR) is 46.0 cm³/mol. The molecule has 1 aromatic rings. The van der Waals surface area contributed by atoms with Gasteiger partial charge in [-0.25, -0.2) is 9.18 Å². The smallest absolute Gasteiger partial charge is 0.339 e. The number of nitrogens with zero attached hydrogens (tertiary/aromatic N) is 1. The van der Waals surface area contributed by atoms with Gasteiger partial charge in [-0.3, -0.25) is 0 Å². The fraction of sp³-hybridized carbons (Fsp3) is 0.111. The van der Waals surface area contributed by atoms with Gasteiger partial charge >= 0.3 is 5.97 Å². The summed E-state index contributed by atoms with van der Waals surface area (Å²) in [7, 11) is 0. The molecule has 0 aliphatic rings. The SMILES string of the molecule is N#Cc1ccc(F)c(C(=O)O)c1CN. The van der Waals surface area contributed by atoms with E-state index in [1.54, 1.807) is 6.07 Å². The van der Waals surface area contributed by atoms with Crippen molar-refractivity contribution in [3.63, 3.8) is 0 Å². The highest BCUT2D eigenvalue weighted by atomic mass is 19.1. The van der Waals surface area contributed by atoms with Crippen molar-refractivity contribution >= 4 is 5.97 Å². The fourth-order valence-electron chi connectivity index (χ4n) is 1.17. The standard InChI is InChI=1S/C9H7FN2O2/c10-7-2-1-5(3-11)6(4-12)8(7)9(13)14/h1-2H,4,12H2,(H,13,14). The van der Waals surface area contributed by atoms with Crippen molar-refractivity contribution in [2.75, 3.05) is 0 Å². The van der Waals surface area contributed by atoms with Crippen molar-refractivity contribution in [2.24, 2.45) is 5.73 Å². The number of halogens is 1. The number of nitriles is 1. The highest BCUT2D eigenvalue weighted by Crippen LogP contribution is 2.17. The zero-order chi connectivity index (χ0) is 10.7. The average Bonchev–Trinajstić information content (AvgIpc) is 2.16. The van der Waals surface area contributed by atoms with E-state index in [1.165, 1.54) is 6.07 Å². The summed E-state index contributed by atoms with van der Waals surface area (Å²) in [6.45, 7) is -0.178. The van der Waals surface area contributed by atoms with Gasteiger partial charge < -0.3 is 10.8 Å². The molecule has 0 fully saturated rings. The summed E-state index contributed by atoms with van der Waals surface area (Å²) in [5.74, 6) is -2.29. The van der Waals surface area contributed by atoms with Crippen LogP contribution in [0, 0.1) is 17.1 Å². The van der Waals surface area contributed by atoms with Crippen LogP contribution >= 0.6 is 0 Å². The molecular formula is C9H7FN2O2. The number of aromatic carboxylic acids is 1. The normalized spacial score (nSPS) is 9.50. The van der Waals surface area contributed by atoms with Crippen LogP contribution < -0.4 is 5.73 Å². The predicted octanol–water partition coefficient (Wildman–Crippen LogP) is 0.854. The van der Waals surface area contributed by atoms with Crippen LogP contribution in [0.5, 0.6) is 0 Å². The van der Waals surface area contributed by atoms with Crippen LogP contribution in [0.1, 0.15) is 21.5 Å². The third kappa shape index (κ3) is 1.56. The number of benzene rings is 1. The van der Waals surface area contributed by atoms with E-state index in [0.717, 1.165) is 6.07 Å². The van der Waals surface area contributed by atoms with Crippen molar-refractivity contribution in [1.29, 1.82) is 5.26 Å². The summed E-state index contributed by atoms with van der Waals surface area (Å²) in [6.07, 6.45) is 0. The van der Waals surface area contributed by atoms with Crippen LogP contribution in [0.25, 0.3) is 0 Å². The summed E-state index contributed by atoms with van der Waals surface area (Å²) >= 11 is 0. The molecule has 0 radical (unpaired) electrons. The molecule has 3 N–H and O–H groups in total. The fourth-order valence-corrected chi connectivity index (χ4v) is 1.17. The van der Waals surface area contributed by atoms with Gasteiger partial charge in [0.2, 0.25) is 0 Å². The van der Waals surface area contributed by atoms with Crippen LogP contribution in [0.2, 0.25) is 0 Å². The number of hydrogen-bond donors (Lipinski definition) is 2. The molecule has 72 valence electrons. The van der Waals surface area contributed by atoms with Gasteiger partial charge in [-0.15, -0.1) is 0 Å². The Labute approximate surface area is 79.4 Å². The van der Waals surface area contributed by atoms with E-state index in [4.69, 9.17) is 16.1 Å². The van der Waals surface area contributed by atoms with Crippen LogP contribution in [-0.2, 0) is 6.54 Å². The van der Waals surface area contributed by atoms with Gasteiger partial charge in [0.05, 0.1) is 11.6 Å². The lowest BCUT2D eigenvalue weighted by Gasteiger charge is -2.05. The third-order valence-corrected chi connectivity index (χ3v) is 1.80. The number of carboxylic acids is 1. The van der Waals surface area contributed by atoms with Crippen molar-refractivity contribution in [2.45, 2.75) is 6.54 Å². The van der Waals surface area contributed by atoms with Gasteiger partial charge in [0.25, 0.3) is 0 Å². The Morgan fingerprint density at radius 3 is 2.71 bits per heavy atom. The first-order chi connectivity index (χ1) is 6.61. The maximum Gasteiger partial charge on any atom is 0.339 e. The van der Waals surface area contributed by atoms with Gasteiger partial charge in [-0.2, -0.15) is 5.26 Å². The molecular weight excluding hydrogens is 187 g/mol. The highest BCUT2D eigenvalue weighted by Gasteiger charge is 2.17. The first kappa shape index (κ1) is 10.2. The zero-order valence-corrected chi connectivity index (χ0v) is 7.12. The zero-order valence-electron chi connectivity index (χ0n) is 7.12. The highest BCUT2D eigenvalue weighted by molar-refractivity contribution is 5.90. The lowest BCUT2D eigenvalue weighted by molar-refractivity contribution is 0.0690. The molecule has 5 heteroatoms. The first-order valence-corrected chi connectivity index (χ1v) is 3.76. The topological polar surface area (TPSA) is 87.1 Å². The van der Waals surface area contributed by atoms with E-state index in [1.807, 2.05) is 0 Å². The summed E-state index contributed by atoms with van der Waals surface area (Å²) in [4.78, 5) is 10.7. The molecule has 0 aromatic heterocycles. The second-order valence-corrected chi connectivity index (χ2v) is 2.57. The maximum absolute atomic E-state index is 13.1. The van der Waals surface area contributed by atoms with Crippen molar-refractivity contribution < 1.29 is 14.3 Å². The van der Waals surface area contributed by atoms with E-state index in [9.17, 15) is 9.18 Å². The van der Waals surface area contributed by atoms with Gasteiger partial charge in [-0.05, 0) is 12.1 Å². The molecule has 0 aliphatic heterocycles. The Bertz CT molecular complexity index is 424. The van der Waals surface area contributed by atoms with Gasteiger partial charge in [0.1, 0.15) is 11.4 Å². The lowest BCUT2D eigenvalue weighted by atomic mass is 10.0. The Morgan fingerprint density at radius 2 is 2.29 bits per heavy atom. The molecule has 0 saturated carbocycles.